The Morgan fingerprint density at radius 2 is 2.00 bits per heavy atom. The first-order chi connectivity index (χ1) is 5.81. The molecule has 0 aromatic heterocycles. The van der Waals surface area contributed by atoms with E-state index in [-0.39, 0.29) is 6.04 Å². The molecule has 2 N–H and O–H groups in total. The van der Waals surface area contributed by atoms with Crippen LogP contribution in [-0.4, -0.2) is 25.4 Å². The molecule has 1 unspecified atom stereocenters. The number of amides is 2. The van der Waals surface area contributed by atoms with E-state index in [9.17, 15) is 9.59 Å². The van der Waals surface area contributed by atoms with Gasteiger partial charge in [-0.25, -0.2) is 0 Å². The van der Waals surface area contributed by atoms with E-state index in [1.54, 1.807) is 0 Å². The Balaban J connectivity index is 3.07. The van der Waals surface area contributed by atoms with Gasteiger partial charge in [-0.05, 0) is 26.2 Å². The van der Waals surface area contributed by atoms with Gasteiger partial charge in [-0.15, -0.1) is 0 Å². The molecule has 1 atom stereocenters. The Labute approximate surface area is 72.7 Å². The van der Waals surface area contributed by atoms with Crippen molar-refractivity contribution in [1.29, 1.82) is 0 Å². The van der Waals surface area contributed by atoms with Gasteiger partial charge in [-0.2, -0.15) is 0 Å². The lowest BCUT2D eigenvalue weighted by Gasteiger charge is -2.08. The molecule has 2 amide bonds. The highest BCUT2D eigenvalue weighted by Gasteiger charge is 1.97. The van der Waals surface area contributed by atoms with Gasteiger partial charge in [0.2, 0.25) is 12.8 Å². The Bertz CT molecular complexity index is 128. The third kappa shape index (κ3) is 7.05. The maximum Gasteiger partial charge on any atom is 0.207 e. The number of carbonyl (C=O) groups is 2. The molecule has 0 fully saturated rings. The van der Waals surface area contributed by atoms with Gasteiger partial charge in [0.05, 0.1) is 0 Å². The minimum atomic E-state index is 0.235. The molecule has 4 nitrogen and oxygen atoms in total. The van der Waals surface area contributed by atoms with Gasteiger partial charge < -0.3 is 10.6 Å². The lowest BCUT2D eigenvalue weighted by atomic mass is 10.1. The molecule has 70 valence electrons. The van der Waals surface area contributed by atoms with E-state index >= 15 is 0 Å². The highest BCUT2D eigenvalue weighted by atomic mass is 16.1. The van der Waals surface area contributed by atoms with Crippen LogP contribution in [0.1, 0.15) is 26.2 Å². The van der Waals surface area contributed by atoms with Crippen molar-refractivity contribution < 1.29 is 9.59 Å². The molecule has 0 rings (SSSR count). The van der Waals surface area contributed by atoms with Crippen molar-refractivity contribution >= 4 is 12.8 Å². The van der Waals surface area contributed by atoms with E-state index < -0.39 is 0 Å². The van der Waals surface area contributed by atoms with Crippen LogP contribution in [0.4, 0.5) is 0 Å². The van der Waals surface area contributed by atoms with Crippen LogP contribution in [-0.2, 0) is 9.59 Å². The molecule has 0 radical (unpaired) electrons. The number of hydrogen-bond acceptors (Lipinski definition) is 2. The third-order valence-corrected chi connectivity index (χ3v) is 1.64. The van der Waals surface area contributed by atoms with E-state index in [2.05, 4.69) is 10.6 Å². The van der Waals surface area contributed by atoms with Crippen molar-refractivity contribution in [3.05, 3.63) is 0 Å². The van der Waals surface area contributed by atoms with Crippen molar-refractivity contribution in [3.8, 4) is 0 Å². The van der Waals surface area contributed by atoms with Crippen molar-refractivity contribution in [3.63, 3.8) is 0 Å². The average molecular weight is 172 g/mol. The fraction of sp³-hybridized carbons (Fsp3) is 0.750. The van der Waals surface area contributed by atoms with Gasteiger partial charge in [-0.1, -0.05) is 0 Å². The fourth-order valence-corrected chi connectivity index (χ4v) is 0.936. The van der Waals surface area contributed by atoms with Crippen LogP contribution in [0, 0.1) is 0 Å². The fourth-order valence-electron chi connectivity index (χ4n) is 0.936. The monoisotopic (exact) mass is 172 g/mol. The quantitative estimate of drug-likeness (QED) is 0.401. The Morgan fingerprint density at radius 3 is 2.58 bits per heavy atom. The van der Waals surface area contributed by atoms with Gasteiger partial charge in [0.15, 0.2) is 0 Å². The molecule has 12 heavy (non-hydrogen) atoms. The summed E-state index contributed by atoms with van der Waals surface area (Å²) >= 11 is 0. The number of hydrogen-bond donors (Lipinski definition) is 2. The van der Waals surface area contributed by atoms with Crippen LogP contribution < -0.4 is 10.6 Å². The normalized spacial score (nSPS) is 11.8. The molecule has 0 aromatic rings. The molecular formula is C8H16N2O2. The van der Waals surface area contributed by atoms with Gasteiger partial charge in [0.25, 0.3) is 0 Å². The molecule has 0 aromatic carbocycles. The molecule has 0 aliphatic heterocycles. The van der Waals surface area contributed by atoms with Crippen LogP contribution in [0.15, 0.2) is 0 Å². The zero-order valence-electron chi connectivity index (χ0n) is 7.38. The first-order valence-electron chi connectivity index (χ1n) is 4.18. The Kier molecular flexibility index (Phi) is 7.33. The standard InChI is InChI=1S/C8H16N2O2/c1-8(10-7-12)4-2-3-5-9-6-11/h6-8H,2-5H2,1H3,(H,9,11)(H,10,12). The maximum atomic E-state index is 9.98. The molecule has 0 spiro atoms. The van der Waals surface area contributed by atoms with E-state index in [4.69, 9.17) is 0 Å². The summed E-state index contributed by atoms with van der Waals surface area (Å²) in [5, 5.41) is 5.25. The molecular weight excluding hydrogens is 156 g/mol. The lowest BCUT2D eigenvalue weighted by molar-refractivity contribution is -0.110. The van der Waals surface area contributed by atoms with Crippen LogP contribution in [0.5, 0.6) is 0 Å². The summed E-state index contributed by atoms with van der Waals surface area (Å²) in [7, 11) is 0. The maximum absolute atomic E-state index is 9.98. The largest absolute Gasteiger partial charge is 0.359 e. The Morgan fingerprint density at radius 1 is 1.25 bits per heavy atom. The molecule has 0 saturated carbocycles. The van der Waals surface area contributed by atoms with Crippen LogP contribution >= 0.6 is 0 Å². The summed E-state index contributed by atoms with van der Waals surface area (Å²) in [6.07, 6.45) is 4.35. The van der Waals surface area contributed by atoms with Crippen molar-refractivity contribution in [2.45, 2.75) is 32.2 Å². The molecule has 4 heteroatoms. The van der Waals surface area contributed by atoms with Gasteiger partial charge in [0.1, 0.15) is 0 Å². The summed E-state index contributed by atoms with van der Waals surface area (Å²) < 4.78 is 0. The van der Waals surface area contributed by atoms with Gasteiger partial charge >= 0.3 is 0 Å². The number of unbranched alkanes of at least 4 members (excludes halogenated alkanes) is 1. The number of rotatable bonds is 8. The molecule has 0 heterocycles. The molecule has 0 saturated heterocycles. The zero-order valence-corrected chi connectivity index (χ0v) is 7.38. The predicted molar refractivity (Wildman–Crippen MR) is 46.6 cm³/mol. The van der Waals surface area contributed by atoms with E-state index in [1.807, 2.05) is 6.92 Å². The number of nitrogens with one attached hydrogen (secondary N) is 2. The van der Waals surface area contributed by atoms with E-state index in [0.29, 0.717) is 12.8 Å². The predicted octanol–water partition coefficient (Wildman–Crippen LogP) is 0.0372. The van der Waals surface area contributed by atoms with Crippen LogP contribution in [0.2, 0.25) is 0 Å². The first-order valence-corrected chi connectivity index (χ1v) is 4.18. The second-order valence-corrected chi connectivity index (χ2v) is 2.75. The molecule has 0 aliphatic carbocycles. The smallest absolute Gasteiger partial charge is 0.207 e. The summed E-state index contributed by atoms with van der Waals surface area (Å²) in [4.78, 5) is 19.8. The van der Waals surface area contributed by atoms with Crippen LogP contribution in [0.3, 0.4) is 0 Å². The van der Waals surface area contributed by atoms with E-state index in [0.717, 1.165) is 25.8 Å². The van der Waals surface area contributed by atoms with Crippen molar-refractivity contribution in [1.82, 2.24) is 10.6 Å². The SMILES string of the molecule is CC(CCCCNC=O)NC=O. The average Bonchev–Trinajstić information content (AvgIpc) is 2.05. The highest BCUT2D eigenvalue weighted by Crippen LogP contribution is 1.98. The van der Waals surface area contributed by atoms with E-state index in [1.165, 1.54) is 0 Å². The van der Waals surface area contributed by atoms with Gasteiger partial charge in [-0.3, -0.25) is 9.59 Å². The minimum Gasteiger partial charge on any atom is -0.359 e. The Hall–Kier alpha value is -1.06. The lowest BCUT2D eigenvalue weighted by Crippen LogP contribution is -2.24. The van der Waals surface area contributed by atoms with Crippen molar-refractivity contribution in [2.75, 3.05) is 6.54 Å². The summed E-state index contributed by atoms with van der Waals surface area (Å²) in [5.74, 6) is 0. The first kappa shape index (κ1) is 10.9. The molecule has 0 aliphatic rings. The summed E-state index contributed by atoms with van der Waals surface area (Å²) in [5.41, 5.74) is 0. The molecule has 0 bridgehead atoms. The minimum absolute atomic E-state index is 0.235. The van der Waals surface area contributed by atoms with Gasteiger partial charge in [0, 0.05) is 12.6 Å². The number of carbonyl (C=O) groups excluding carboxylic acids is 2. The third-order valence-electron chi connectivity index (χ3n) is 1.64. The van der Waals surface area contributed by atoms with Crippen molar-refractivity contribution in [2.24, 2.45) is 0 Å². The highest BCUT2D eigenvalue weighted by molar-refractivity contribution is 5.46. The second kappa shape index (κ2) is 8.04. The summed E-state index contributed by atoms with van der Waals surface area (Å²) in [6.45, 7) is 2.68. The van der Waals surface area contributed by atoms with Crippen LogP contribution in [0.25, 0.3) is 0 Å². The summed E-state index contributed by atoms with van der Waals surface area (Å²) in [6, 6.07) is 0.235. The second-order valence-electron chi connectivity index (χ2n) is 2.75. The topological polar surface area (TPSA) is 58.2 Å². The zero-order chi connectivity index (χ0) is 9.23.